The summed E-state index contributed by atoms with van der Waals surface area (Å²) < 4.78 is 10.3. The zero-order chi connectivity index (χ0) is 12.1. The van der Waals surface area contributed by atoms with E-state index in [9.17, 15) is 4.79 Å². The Morgan fingerprint density at radius 3 is 2.69 bits per heavy atom. The van der Waals surface area contributed by atoms with Crippen LogP contribution in [0.3, 0.4) is 0 Å². The Hall–Kier alpha value is -1.55. The lowest BCUT2D eigenvalue weighted by molar-refractivity contribution is 0.0585. The first-order valence-corrected chi connectivity index (χ1v) is 5.13. The minimum atomic E-state index is -0.134. The van der Waals surface area contributed by atoms with Gasteiger partial charge in [0.15, 0.2) is 5.78 Å². The highest BCUT2D eigenvalue weighted by Crippen LogP contribution is 2.25. The third kappa shape index (κ3) is 2.97. The summed E-state index contributed by atoms with van der Waals surface area (Å²) in [5, 5.41) is 0. The van der Waals surface area contributed by atoms with Gasteiger partial charge in [0, 0.05) is 5.56 Å². The van der Waals surface area contributed by atoms with Gasteiger partial charge in [0.2, 0.25) is 0 Å². The molecular weight excluding hydrogens is 206 g/mol. The molecule has 0 atom stereocenters. The zero-order valence-electron chi connectivity index (χ0n) is 9.82. The van der Waals surface area contributed by atoms with E-state index >= 15 is 0 Å². The third-order valence-electron chi connectivity index (χ3n) is 2.13. The molecule has 4 nitrogen and oxygen atoms in total. The Labute approximate surface area is 95.3 Å². The summed E-state index contributed by atoms with van der Waals surface area (Å²) in [5.41, 5.74) is 6.61. The van der Waals surface area contributed by atoms with Crippen molar-refractivity contribution in [2.75, 3.05) is 19.5 Å². The Kier molecular flexibility index (Phi) is 4.31. The molecule has 0 amide bonds. The molecule has 0 aromatic heterocycles. The van der Waals surface area contributed by atoms with Gasteiger partial charge >= 0.3 is 0 Å². The number of hydrogen-bond acceptors (Lipinski definition) is 4. The van der Waals surface area contributed by atoms with Crippen LogP contribution in [-0.4, -0.2) is 25.6 Å². The number of nitrogen functional groups attached to an aromatic ring is 1. The largest absolute Gasteiger partial charge is 0.495 e. The minimum absolute atomic E-state index is 0.0239. The van der Waals surface area contributed by atoms with Crippen LogP contribution >= 0.6 is 0 Å². The van der Waals surface area contributed by atoms with E-state index in [1.807, 2.05) is 13.8 Å². The van der Waals surface area contributed by atoms with Crippen molar-refractivity contribution in [2.45, 2.75) is 20.0 Å². The monoisotopic (exact) mass is 223 g/mol. The molecule has 0 aliphatic carbocycles. The quantitative estimate of drug-likeness (QED) is 0.611. The summed E-state index contributed by atoms with van der Waals surface area (Å²) in [6.07, 6.45) is 0.0239. The summed E-state index contributed by atoms with van der Waals surface area (Å²) in [6, 6.07) is 5.12. The molecule has 0 radical (unpaired) electrons. The second kappa shape index (κ2) is 5.51. The molecule has 1 aromatic carbocycles. The maximum Gasteiger partial charge on any atom is 0.190 e. The lowest BCUT2D eigenvalue weighted by Gasteiger charge is -2.10. The molecule has 0 heterocycles. The Morgan fingerprint density at radius 2 is 2.12 bits per heavy atom. The van der Waals surface area contributed by atoms with Crippen LogP contribution in [-0.2, 0) is 4.74 Å². The summed E-state index contributed by atoms with van der Waals surface area (Å²) in [4.78, 5) is 11.8. The number of para-hydroxylation sites is 1. The SMILES string of the molecule is COc1cccc(C(=O)COC(C)C)c1N. The van der Waals surface area contributed by atoms with E-state index in [0.717, 1.165) is 0 Å². The number of nitrogens with two attached hydrogens (primary N) is 1. The molecule has 0 unspecified atom stereocenters. The van der Waals surface area contributed by atoms with Crippen molar-refractivity contribution in [1.29, 1.82) is 0 Å². The Balaban J connectivity index is 2.83. The highest BCUT2D eigenvalue weighted by Gasteiger charge is 2.13. The number of carbonyl (C=O) groups is 1. The van der Waals surface area contributed by atoms with Crippen LogP contribution in [0.4, 0.5) is 5.69 Å². The maximum atomic E-state index is 11.8. The number of methoxy groups -OCH3 is 1. The molecule has 4 heteroatoms. The molecule has 0 saturated carbocycles. The van der Waals surface area contributed by atoms with Gasteiger partial charge in [-0.1, -0.05) is 6.07 Å². The van der Waals surface area contributed by atoms with E-state index in [2.05, 4.69) is 0 Å². The molecule has 88 valence electrons. The van der Waals surface area contributed by atoms with Gasteiger partial charge in [-0.3, -0.25) is 4.79 Å². The molecule has 0 aliphatic rings. The predicted molar refractivity (Wildman–Crippen MR) is 62.8 cm³/mol. The minimum Gasteiger partial charge on any atom is -0.495 e. The van der Waals surface area contributed by atoms with E-state index in [1.54, 1.807) is 18.2 Å². The highest BCUT2D eigenvalue weighted by atomic mass is 16.5. The molecule has 0 bridgehead atoms. The van der Waals surface area contributed by atoms with Crippen LogP contribution in [0.15, 0.2) is 18.2 Å². The number of ether oxygens (including phenoxy) is 2. The summed E-state index contributed by atoms with van der Waals surface area (Å²) in [7, 11) is 1.52. The molecule has 1 aromatic rings. The Bertz CT molecular complexity index is 375. The van der Waals surface area contributed by atoms with Crippen LogP contribution in [0, 0.1) is 0 Å². The number of ketones is 1. The van der Waals surface area contributed by atoms with E-state index < -0.39 is 0 Å². The van der Waals surface area contributed by atoms with Crippen molar-refractivity contribution >= 4 is 11.5 Å². The number of rotatable bonds is 5. The number of anilines is 1. The number of benzene rings is 1. The summed E-state index contributed by atoms with van der Waals surface area (Å²) in [6.45, 7) is 3.79. The molecule has 0 saturated heterocycles. The maximum absolute atomic E-state index is 11.8. The van der Waals surface area contributed by atoms with Gasteiger partial charge in [0.25, 0.3) is 0 Å². The number of carbonyl (C=O) groups excluding carboxylic acids is 1. The highest BCUT2D eigenvalue weighted by molar-refractivity contribution is 6.02. The first-order valence-electron chi connectivity index (χ1n) is 5.13. The normalized spacial score (nSPS) is 10.5. The molecule has 1 rings (SSSR count). The lowest BCUT2D eigenvalue weighted by Crippen LogP contribution is -2.15. The average molecular weight is 223 g/mol. The molecular formula is C12H17NO3. The molecule has 0 spiro atoms. The van der Waals surface area contributed by atoms with Crippen molar-refractivity contribution in [3.8, 4) is 5.75 Å². The van der Waals surface area contributed by atoms with E-state index in [-0.39, 0.29) is 18.5 Å². The van der Waals surface area contributed by atoms with Crippen molar-refractivity contribution in [3.63, 3.8) is 0 Å². The first-order chi connectivity index (χ1) is 7.56. The van der Waals surface area contributed by atoms with Gasteiger partial charge in [-0.15, -0.1) is 0 Å². The fourth-order valence-electron chi connectivity index (χ4n) is 1.29. The van der Waals surface area contributed by atoms with Crippen molar-refractivity contribution in [1.82, 2.24) is 0 Å². The van der Waals surface area contributed by atoms with Gasteiger partial charge in [0.05, 0.1) is 18.9 Å². The van der Waals surface area contributed by atoms with Crippen molar-refractivity contribution in [2.24, 2.45) is 0 Å². The van der Waals surface area contributed by atoms with Crippen LogP contribution in [0.5, 0.6) is 5.75 Å². The van der Waals surface area contributed by atoms with Gasteiger partial charge in [-0.2, -0.15) is 0 Å². The van der Waals surface area contributed by atoms with Crippen LogP contribution in [0.1, 0.15) is 24.2 Å². The number of Topliss-reactive ketones (excluding diaryl/α,β-unsaturated/α-hetero) is 1. The summed E-state index contributed by atoms with van der Waals surface area (Å²) >= 11 is 0. The zero-order valence-corrected chi connectivity index (χ0v) is 9.82. The summed E-state index contributed by atoms with van der Waals surface area (Å²) in [5.74, 6) is 0.375. The van der Waals surface area contributed by atoms with E-state index in [1.165, 1.54) is 7.11 Å². The first kappa shape index (κ1) is 12.5. The van der Waals surface area contributed by atoms with E-state index in [4.69, 9.17) is 15.2 Å². The van der Waals surface area contributed by atoms with Gasteiger partial charge in [0.1, 0.15) is 12.4 Å². The van der Waals surface area contributed by atoms with Crippen molar-refractivity contribution in [3.05, 3.63) is 23.8 Å². The van der Waals surface area contributed by atoms with Crippen LogP contribution in [0.2, 0.25) is 0 Å². The smallest absolute Gasteiger partial charge is 0.190 e. The second-order valence-corrected chi connectivity index (χ2v) is 3.70. The van der Waals surface area contributed by atoms with Crippen molar-refractivity contribution < 1.29 is 14.3 Å². The van der Waals surface area contributed by atoms with Crippen LogP contribution in [0.25, 0.3) is 0 Å². The fraction of sp³-hybridized carbons (Fsp3) is 0.417. The van der Waals surface area contributed by atoms with E-state index in [0.29, 0.717) is 17.0 Å². The third-order valence-corrected chi connectivity index (χ3v) is 2.13. The molecule has 16 heavy (non-hydrogen) atoms. The predicted octanol–water partition coefficient (Wildman–Crippen LogP) is 1.89. The van der Waals surface area contributed by atoms with Gasteiger partial charge in [-0.05, 0) is 26.0 Å². The lowest BCUT2D eigenvalue weighted by atomic mass is 10.1. The second-order valence-electron chi connectivity index (χ2n) is 3.70. The van der Waals surface area contributed by atoms with Crippen LogP contribution < -0.4 is 10.5 Å². The standard InChI is InChI=1S/C12H17NO3/c1-8(2)16-7-10(14)9-5-4-6-11(15-3)12(9)13/h4-6,8H,7,13H2,1-3H3. The number of hydrogen-bond donors (Lipinski definition) is 1. The average Bonchev–Trinajstić information content (AvgIpc) is 2.26. The topological polar surface area (TPSA) is 61.5 Å². The molecule has 0 fully saturated rings. The fourth-order valence-corrected chi connectivity index (χ4v) is 1.29. The Morgan fingerprint density at radius 1 is 1.44 bits per heavy atom. The van der Waals surface area contributed by atoms with Gasteiger partial charge in [-0.25, -0.2) is 0 Å². The van der Waals surface area contributed by atoms with Gasteiger partial charge < -0.3 is 15.2 Å². The molecule has 0 aliphatic heterocycles. The molecule has 2 N–H and O–H groups in total.